The Hall–Kier alpha value is -2.34. The minimum atomic E-state index is -0.374. The molecule has 0 bridgehead atoms. The number of carbonyl (C=O) groups is 2. The van der Waals surface area contributed by atoms with E-state index in [1.54, 1.807) is 0 Å². The summed E-state index contributed by atoms with van der Waals surface area (Å²) in [5.74, 6) is -0.552. The molecular formula is C18H20N2O3S. The first kappa shape index (κ1) is 16.5. The van der Waals surface area contributed by atoms with Crippen molar-refractivity contribution in [1.82, 2.24) is 0 Å². The number of aryl methyl sites for hydroxylation is 1. The summed E-state index contributed by atoms with van der Waals surface area (Å²) in [5, 5.41) is 6.54. The van der Waals surface area contributed by atoms with Gasteiger partial charge in [-0.15, -0.1) is 11.3 Å². The maximum atomic E-state index is 12.2. The van der Waals surface area contributed by atoms with E-state index in [9.17, 15) is 9.59 Å². The maximum absolute atomic E-state index is 12.2. The fourth-order valence-corrected chi connectivity index (χ4v) is 4.17. The second kappa shape index (κ2) is 7.49. The minimum absolute atomic E-state index is 0.146. The highest BCUT2D eigenvalue weighted by atomic mass is 32.1. The molecule has 0 atom stereocenters. The molecule has 0 aliphatic heterocycles. The number of amides is 1. The molecule has 1 aromatic carbocycles. The van der Waals surface area contributed by atoms with Crippen LogP contribution in [0.2, 0.25) is 0 Å². The molecule has 1 heterocycles. The summed E-state index contributed by atoms with van der Waals surface area (Å²) in [4.78, 5) is 25.6. The number of rotatable bonds is 5. The molecule has 24 heavy (non-hydrogen) atoms. The van der Waals surface area contributed by atoms with E-state index in [1.807, 2.05) is 30.3 Å². The Bertz CT molecular complexity index is 740. The monoisotopic (exact) mass is 344 g/mol. The van der Waals surface area contributed by atoms with Gasteiger partial charge < -0.3 is 15.4 Å². The average Bonchev–Trinajstić information content (AvgIpc) is 2.98. The van der Waals surface area contributed by atoms with Gasteiger partial charge in [-0.2, -0.15) is 0 Å². The van der Waals surface area contributed by atoms with Crippen LogP contribution >= 0.6 is 11.3 Å². The van der Waals surface area contributed by atoms with Crippen molar-refractivity contribution in [3.05, 3.63) is 46.3 Å². The van der Waals surface area contributed by atoms with Crippen LogP contribution < -0.4 is 10.6 Å². The predicted molar refractivity (Wildman–Crippen MR) is 95.9 cm³/mol. The second-order valence-electron chi connectivity index (χ2n) is 5.67. The molecule has 1 aliphatic rings. The van der Waals surface area contributed by atoms with Crippen LogP contribution in [-0.2, 0) is 22.4 Å². The third-order valence-electron chi connectivity index (χ3n) is 4.04. The van der Waals surface area contributed by atoms with Crippen LogP contribution in [0.25, 0.3) is 0 Å². The second-order valence-corrected chi connectivity index (χ2v) is 6.78. The summed E-state index contributed by atoms with van der Waals surface area (Å²) < 4.78 is 4.91. The van der Waals surface area contributed by atoms with Crippen LogP contribution in [0.15, 0.2) is 30.3 Å². The van der Waals surface area contributed by atoms with Crippen LogP contribution in [-0.4, -0.2) is 25.5 Å². The van der Waals surface area contributed by atoms with Crippen molar-refractivity contribution in [3.63, 3.8) is 0 Å². The molecule has 1 amide bonds. The summed E-state index contributed by atoms with van der Waals surface area (Å²) in [5.41, 5.74) is 2.46. The molecule has 0 saturated carbocycles. The molecule has 0 saturated heterocycles. The maximum Gasteiger partial charge on any atom is 0.341 e. The van der Waals surface area contributed by atoms with Crippen molar-refractivity contribution >= 4 is 33.9 Å². The number of ether oxygens (including phenoxy) is 1. The fourth-order valence-electron chi connectivity index (χ4n) is 2.88. The van der Waals surface area contributed by atoms with Crippen molar-refractivity contribution < 1.29 is 14.3 Å². The van der Waals surface area contributed by atoms with Gasteiger partial charge in [-0.1, -0.05) is 18.2 Å². The van der Waals surface area contributed by atoms with Gasteiger partial charge >= 0.3 is 5.97 Å². The van der Waals surface area contributed by atoms with Gasteiger partial charge in [0, 0.05) is 10.6 Å². The van der Waals surface area contributed by atoms with Crippen LogP contribution in [0.5, 0.6) is 0 Å². The number of esters is 1. The van der Waals surface area contributed by atoms with Crippen molar-refractivity contribution in [2.75, 3.05) is 24.3 Å². The Morgan fingerprint density at radius 3 is 2.67 bits per heavy atom. The number of fused-ring (bicyclic) bond motifs is 1. The third-order valence-corrected chi connectivity index (χ3v) is 5.25. The van der Waals surface area contributed by atoms with Gasteiger partial charge in [0.2, 0.25) is 5.91 Å². The molecule has 126 valence electrons. The zero-order valence-corrected chi connectivity index (χ0v) is 14.4. The number of benzene rings is 1. The van der Waals surface area contributed by atoms with Gasteiger partial charge in [0.1, 0.15) is 5.00 Å². The fraction of sp³-hybridized carbons (Fsp3) is 0.333. The molecule has 1 aromatic heterocycles. The van der Waals surface area contributed by atoms with E-state index >= 15 is 0 Å². The largest absolute Gasteiger partial charge is 0.465 e. The lowest BCUT2D eigenvalue weighted by Gasteiger charge is -2.12. The normalized spacial score (nSPS) is 13.0. The summed E-state index contributed by atoms with van der Waals surface area (Å²) in [6.45, 7) is 0.146. The number of hydrogen-bond donors (Lipinski definition) is 2. The lowest BCUT2D eigenvalue weighted by atomic mass is 9.95. The number of para-hydroxylation sites is 1. The number of methoxy groups -OCH3 is 1. The zero-order valence-electron chi connectivity index (χ0n) is 13.6. The van der Waals surface area contributed by atoms with E-state index in [0.29, 0.717) is 10.6 Å². The van der Waals surface area contributed by atoms with Gasteiger partial charge in [0.15, 0.2) is 0 Å². The molecule has 5 nitrogen and oxygen atoms in total. The average molecular weight is 344 g/mol. The van der Waals surface area contributed by atoms with Crippen LogP contribution in [0.4, 0.5) is 10.7 Å². The standard InChI is InChI=1S/C18H20N2O3S/c1-23-18(22)16-13-9-5-6-10-14(13)24-17(16)20-15(21)11-19-12-7-3-2-4-8-12/h2-4,7-8,19H,5-6,9-11H2,1H3,(H,20,21). The number of anilines is 2. The quantitative estimate of drug-likeness (QED) is 0.815. The number of nitrogens with one attached hydrogen (secondary N) is 2. The highest BCUT2D eigenvalue weighted by Crippen LogP contribution is 2.38. The number of hydrogen-bond acceptors (Lipinski definition) is 5. The van der Waals surface area contributed by atoms with E-state index in [1.165, 1.54) is 23.3 Å². The molecule has 2 aromatic rings. The SMILES string of the molecule is COC(=O)c1c(NC(=O)CNc2ccccc2)sc2c1CCCC2. The van der Waals surface area contributed by atoms with Crippen molar-refractivity contribution in [1.29, 1.82) is 0 Å². The molecule has 6 heteroatoms. The van der Waals surface area contributed by atoms with Gasteiger partial charge in [0.05, 0.1) is 19.2 Å². The van der Waals surface area contributed by atoms with E-state index in [-0.39, 0.29) is 18.4 Å². The Morgan fingerprint density at radius 1 is 1.17 bits per heavy atom. The first-order valence-corrected chi connectivity index (χ1v) is 8.82. The predicted octanol–water partition coefficient (Wildman–Crippen LogP) is 3.46. The molecule has 1 aliphatic carbocycles. The molecule has 3 rings (SSSR count). The molecule has 2 N–H and O–H groups in total. The van der Waals surface area contributed by atoms with E-state index in [0.717, 1.165) is 36.9 Å². The van der Waals surface area contributed by atoms with Gasteiger partial charge in [-0.3, -0.25) is 4.79 Å². The van der Waals surface area contributed by atoms with Gasteiger partial charge in [0.25, 0.3) is 0 Å². The summed E-state index contributed by atoms with van der Waals surface area (Å²) in [6.07, 6.45) is 4.02. The minimum Gasteiger partial charge on any atom is -0.465 e. The smallest absolute Gasteiger partial charge is 0.341 e. The number of carbonyl (C=O) groups excluding carboxylic acids is 2. The lowest BCUT2D eigenvalue weighted by molar-refractivity contribution is -0.114. The van der Waals surface area contributed by atoms with Gasteiger partial charge in [-0.05, 0) is 43.4 Å². The summed E-state index contributed by atoms with van der Waals surface area (Å²) in [7, 11) is 1.37. The van der Waals surface area contributed by atoms with Crippen LogP contribution in [0.1, 0.15) is 33.6 Å². The molecule has 0 radical (unpaired) electrons. The first-order valence-electron chi connectivity index (χ1n) is 8.00. The van der Waals surface area contributed by atoms with Crippen LogP contribution in [0, 0.1) is 0 Å². The first-order chi connectivity index (χ1) is 11.7. The number of thiophene rings is 1. The van der Waals surface area contributed by atoms with E-state index in [4.69, 9.17) is 4.74 Å². The Morgan fingerprint density at radius 2 is 1.92 bits per heavy atom. The lowest BCUT2D eigenvalue weighted by Crippen LogP contribution is -2.22. The van der Waals surface area contributed by atoms with E-state index < -0.39 is 0 Å². The summed E-state index contributed by atoms with van der Waals surface area (Å²) in [6, 6.07) is 9.53. The van der Waals surface area contributed by atoms with Gasteiger partial charge in [-0.25, -0.2) is 4.79 Å². The topological polar surface area (TPSA) is 67.4 Å². The highest BCUT2D eigenvalue weighted by Gasteiger charge is 2.26. The molecule has 0 fully saturated rings. The Labute approximate surface area is 145 Å². The Balaban J connectivity index is 1.73. The zero-order chi connectivity index (χ0) is 16.9. The molecule has 0 spiro atoms. The van der Waals surface area contributed by atoms with E-state index in [2.05, 4.69) is 10.6 Å². The summed E-state index contributed by atoms with van der Waals surface area (Å²) >= 11 is 1.50. The van der Waals surface area contributed by atoms with Crippen molar-refractivity contribution in [3.8, 4) is 0 Å². The highest BCUT2D eigenvalue weighted by molar-refractivity contribution is 7.17. The Kier molecular flexibility index (Phi) is 5.15. The molecular weight excluding hydrogens is 324 g/mol. The third kappa shape index (κ3) is 3.59. The molecule has 0 unspecified atom stereocenters. The van der Waals surface area contributed by atoms with Crippen molar-refractivity contribution in [2.45, 2.75) is 25.7 Å². The van der Waals surface area contributed by atoms with Crippen molar-refractivity contribution in [2.24, 2.45) is 0 Å². The van der Waals surface area contributed by atoms with Crippen LogP contribution in [0.3, 0.4) is 0 Å².